The third-order valence-electron chi connectivity index (χ3n) is 3.63. The molecule has 116 valence electrons. The van der Waals surface area contributed by atoms with E-state index in [1.165, 1.54) is 11.1 Å². The molecule has 4 nitrogen and oxygen atoms in total. The van der Waals surface area contributed by atoms with Gasteiger partial charge in [0.05, 0.1) is 0 Å². The van der Waals surface area contributed by atoms with Gasteiger partial charge < -0.3 is 5.32 Å². The van der Waals surface area contributed by atoms with E-state index in [0.717, 1.165) is 17.7 Å². The Labute approximate surface area is 140 Å². The molecule has 0 amide bonds. The molecule has 0 aliphatic carbocycles. The predicted octanol–water partition coefficient (Wildman–Crippen LogP) is 4.81. The number of nitrogens with zero attached hydrogens (tertiary/aromatic N) is 3. The van der Waals surface area contributed by atoms with Gasteiger partial charge in [-0.2, -0.15) is 0 Å². The number of benzene rings is 1. The van der Waals surface area contributed by atoms with Crippen LogP contribution < -0.4 is 5.32 Å². The average Bonchev–Trinajstić information content (AvgIpc) is 2.57. The van der Waals surface area contributed by atoms with Crippen molar-refractivity contribution in [2.24, 2.45) is 0 Å². The van der Waals surface area contributed by atoms with Crippen molar-refractivity contribution in [2.45, 2.75) is 20.3 Å². The predicted molar refractivity (Wildman–Crippen MR) is 94.1 cm³/mol. The van der Waals surface area contributed by atoms with Crippen molar-refractivity contribution in [3.8, 4) is 11.4 Å². The summed E-state index contributed by atoms with van der Waals surface area (Å²) in [6, 6.07) is 11.7. The van der Waals surface area contributed by atoms with Gasteiger partial charge in [0.25, 0.3) is 0 Å². The molecule has 0 radical (unpaired) electrons. The molecule has 5 heteroatoms. The molecule has 2 heterocycles. The van der Waals surface area contributed by atoms with E-state index in [9.17, 15) is 0 Å². The first-order valence-corrected chi connectivity index (χ1v) is 7.85. The Balaban J connectivity index is 2.00. The van der Waals surface area contributed by atoms with Gasteiger partial charge in [-0.3, -0.25) is 4.98 Å². The van der Waals surface area contributed by atoms with Gasteiger partial charge in [-0.15, -0.1) is 0 Å². The van der Waals surface area contributed by atoms with Crippen molar-refractivity contribution in [1.29, 1.82) is 0 Å². The molecule has 1 aromatic carbocycles. The molecule has 2 aromatic heterocycles. The van der Waals surface area contributed by atoms with Crippen LogP contribution in [0.15, 0.2) is 48.8 Å². The standard InChI is InChI=1S/C18H17ClN4/c1-3-13-6-4-5-12(2)17(13)22-16-11-15(19)21-18(23-16)14-7-9-20-10-8-14/h4-11H,3H2,1-2H3,(H,21,22,23). The molecular weight excluding hydrogens is 308 g/mol. The van der Waals surface area contributed by atoms with Crippen LogP contribution in [0.5, 0.6) is 0 Å². The first-order chi connectivity index (χ1) is 11.2. The first kappa shape index (κ1) is 15.4. The lowest BCUT2D eigenvalue weighted by atomic mass is 10.1. The van der Waals surface area contributed by atoms with Crippen molar-refractivity contribution in [3.05, 3.63) is 65.1 Å². The van der Waals surface area contributed by atoms with E-state index < -0.39 is 0 Å². The summed E-state index contributed by atoms with van der Waals surface area (Å²) in [6.45, 7) is 4.21. The molecule has 0 unspecified atom stereocenters. The van der Waals surface area contributed by atoms with E-state index in [1.807, 2.05) is 12.1 Å². The molecule has 0 spiro atoms. The van der Waals surface area contributed by atoms with Crippen LogP contribution in [0.1, 0.15) is 18.1 Å². The molecule has 0 saturated heterocycles. The molecule has 0 aliphatic heterocycles. The topological polar surface area (TPSA) is 50.7 Å². The van der Waals surface area contributed by atoms with E-state index in [0.29, 0.717) is 16.8 Å². The second-order valence-corrected chi connectivity index (χ2v) is 5.61. The van der Waals surface area contributed by atoms with Gasteiger partial charge >= 0.3 is 0 Å². The number of hydrogen-bond acceptors (Lipinski definition) is 4. The second kappa shape index (κ2) is 6.75. The minimum absolute atomic E-state index is 0.404. The molecule has 23 heavy (non-hydrogen) atoms. The molecule has 3 rings (SSSR count). The van der Waals surface area contributed by atoms with Gasteiger partial charge in [0, 0.05) is 29.7 Å². The second-order valence-electron chi connectivity index (χ2n) is 5.22. The molecular formula is C18H17ClN4. The number of aromatic nitrogens is 3. The summed E-state index contributed by atoms with van der Waals surface area (Å²) in [5.74, 6) is 1.26. The number of nitrogens with one attached hydrogen (secondary N) is 1. The molecule has 0 atom stereocenters. The van der Waals surface area contributed by atoms with Gasteiger partial charge in [0.1, 0.15) is 11.0 Å². The summed E-state index contributed by atoms with van der Waals surface area (Å²) >= 11 is 6.17. The monoisotopic (exact) mass is 324 g/mol. The Kier molecular flexibility index (Phi) is 4.53. The Hall–Kier alpha value is -2.46. The highest BCUT2D eigenvalue weighted by atomic mass is 35.5. The number of pyridine rings is 1. The summed E-state index contributed by atoms with van der Waals surface area (Å²) in [6.07, 6.45) is 4.37. The van der Waals surface area contributed by atoms with E-state index in [1.54, 1.807) is 18.5 Å². The van der Waals surface area contributed by atoms with Crippen molar-refractivity contribution in [3.63, 3.8) is 0 Å². The molecule has 0 aliphatic rings. The number of rotatable bonds is 4. The van der Waals surface area contributed by atoms with Gasteiger partial charge in [0.2, 0.25) is 0 Å². The normalized spacial score (nSPS) is 10.6. The van der Waals surface area contributed by atoms with E-state index in [2.05, 4.69) is 52.3 Å². The highest BCUT2D eigenvalue weighted by Gasteiger charge is 2.09. The van der Waals surface area contributed by atoms with E-state index in [4.69, 9.17) is 11.6 Å². The third kappa shape index (κ3) is 3.48. The first-order valence-electron chi connectivity index (χ1n) is 7.48. The van der Waals surface area contributed by atoms with E-state index in [-0.39, 0.29) is 0 Å². The number of halogens is 1. The van der Waals surface area contributed by atoms with Crippen LogP contribution in [0.4, 0.5) is 11.5 Å². The zero-order valence-corrected chi connectivity index (χ0v) is 13.8. The maximum atomic E-state index is 6.17. The van der Waals surface area contributed by atoms with Crippen LogP contribution in [0.25, 0.3) is 11.4 Å². The number of anilines is 2. The smallest absolute Gasteiger partial charge is 0.163 e. The fourth-order valence-electron chi connectivity index (χ4n) is 2.44. The largest absolute Gasteiger partial charge is 0.340 e. The van der Waals surface area contributed by atoms with Gasteiger partial charge in [-0.05, 0) is 36.6 Å². The van der Waals surface area contributed by atoms with Crippen LogP contribution >= 0.6 is 11.6 Å². The Morgan fingerprint density at radius 1 is 1.09 bits per heavy atom. The summed E-state index contributed by atoms with van der Waals surface area (Å²) < 4.78 is 0. The van der Waals surface area contributed by atoms with Crippen LogP contribution in [0, 0.1) is 6.92 Å². The maximum Gasteiger partial charge on any atom is 0.163 e. The molecule has 1 N–H and O–H groups in total. The SMILES string of the molecule is CCc1cccc(C)c1Nc1cc(Cl)nc(-c2ccncc2)n1. The summed E-state index contributed by atoms with van der Waals surface area (Å²) in [5, 5.41) is 3.80. The lowest BCUT2D eigenvalue weighted by Gasteiger charge is -2.14. The van der Waals surface area contributed by atoms with Crippen LogP contribution in [-0.2, 0) is 6.42 Å². The molecule has 0 bridgehead atoms. The summed E-state index contributed by atoms with van der Waals surface area (Å²) in [4.78, 5) is 12.9. The van der Waals surface area contributed by atoms with Gasteiger partial charge in [-0.25, -0.2) is 9.97 Å². The Bertz CT molecular complexity index is 819. The fraction of sp³-hybridized carbons (Fsp3) is 0.167. The highest BCUT2D eigenvalue weighted by molar-refractivity contribution is 6.29. The number of aryl methyl sites for hydroxylation is 2. The van der Waals surface area contributed by atoms with Crippen molar-refractivity contribution < 1.29 is 0 Å². The third-order valence-corrected chi connectivity index (χ3v) is 3.82. The Morgan fingerprint density at radius 2 is 1.87 bits per heavy atom. The van der Waals surface area contributed by atoms with Gasteiger partial charge in [-0.1, -0.05) is 36.7 Å². The maximum absolute atomic E-state index is 6.17. The van der Waals surface area contributed by atoms with Crippen LogP contribution in [0.3, 0.4) is 0 Å². The minimum Gasteiger partial charge on any atom is -0.340 e. The molecule has 3 aromatic rings. The molecule has 0 fully saturated rings. The average molecular weight is 325 g/mol. The fourth-order valence-corrected chi connectivity index (χ4v) is 2.63. The number of hydrogen-bond donors (Lipinski definition) is 1. The number of para-hydroxylation sites is 1. The zero-order chi connectivity index (χ0) is 16.2. The Morgan fingerprint density at radius 3 is 2.61 bits per heavy atom. The zero-order valence-electron chi connectivity index (χ0n) is 13.0. The minimum atomic E-state index is 0.404. The quantitative estimate of drug-likeness (QED) is 0.700. The van der Waals surface area contributed by atoms with Crippen molar-refractivity contribution in [2.75, 3.05) is 5.32 Å². The highest BCUT2D eigenvalue weighted by Crippen LogP contribution is 2.27. The summed E-state index contributed by atoms with van der Waals surface area (Å²) in [7, 11) is 0. The summed E-state index contributed by atoms with van der Waals surface area (Å²) in [5.41, 5.74) is 4.37. The van der Waals surface area contributed by atoms with Gasteiger partial charge in [0.15, 0.2) is 5.82 Å². The molecule has 0 saturated carbocycles. The van der Waals surface area contributed by atoms with Crippen LogP contribution in [-0.4, -0.2) is 15.0 Å². The van der Waals surface area contributed by atoms with Crippen molar-refractivity contribution in [1.82, 2.24) is 15.0 Å². The van der Waals surface area contributed by atoms with Crippen LogP contribution in [0.2, 0.25) is 5.15 Å². The van der Waals surface area contributed by atoms with Crippen molar-refractivity contribution >= 4 is 23.1 Å². The lowest BCUT2D eigenvalue weighted by molar-refractivity contribution is 1.12. The lowest BCUT2D eigenvalue weighted by Crippen LogP contribution is -2.02. The van der Waals surface area contributed by atoms with E-state index >= 15 is 0 Å².